The number of ether oxygens (including phenoxy) is 2. The average Bonchev–Trinajstić information content (AvgIpc) is 3.15. The van der Waals surface area contributed by atoms with Crippen molar-refractivity contribution in [2.24, 2.45) is 17.8 Å². The van der Waals surface area contributed by atoms with Crippen molar-refractivity contribution < 1.29 is 19.1 Å². The Morgan fingerprint density at radius 3 is 2.56 bits per heavy atom. The lowest BCUT2D eigenvalue weighted by molar-refractivity contribution is -0.139. The number of hydrogen-bond acceptors (Lipinski definition) is 4. The van der Waals surface area contributed by atoms with Crippen molar-refractivity contribution in [3.05, 3.63) is 18.2 Å². The predicted octanol–water partition coefficient (Wildman–Crippen LogP) is 3.42. The van der Waals surface area contributed by atoms with Gasteiger partial charge in [0, 0.05) is 36.7 Å². The van der Waals surface area contributed by atoms with Crippen LogP contribution in [0.15, 0.2) is 18.2 Å². The Hall–Kier alpha value is -2.24. The largest absolute Gasteiger partial charge is 0.454 e. The highest BCUT2D eigenvalue weighted by Crippen LogP contribution is 2.35. The molecule has 1 unspecified atom stereocenters. The summed E-state index contributed by atoms with van der Waals surface area (Å²) in [5, 5.41) is 2.98. The third kappa shape index (κ3) is 4.04. The Morgan fingerprint density at radius 1 is 1.04 bits per heavy atom. The maximum atomic E-state index is 12.8. The smallest absolute Gasteiger partial charge is 0.231 e. The Kier molecular flexibility index (Phi) is 5.23. The summed E-state index contributed by atoms with van der Waals surface area (Å²) in [6.45, 7) is 4.23. The van der Waals surface area contributed by atoms with Gasteiger partial charge in [0.15, 0.2) is 11.5 Å². The number of fused-ring (bicyclic) bond motifs is 1. The molecule has 6 nitrogen and oxygen atoms in total. The van der Waals surface area contributed by atoms with Gasteiger partial charge >= 0.3 is 0 Å². The summed E-state index contributed by atoms with van der Waals surface area (Å²) in [6, 6.07) is 5.44. The second-order valence-corrected chi connectivity index (χ2v) is 8.14. The molecule has 4 rings (SSSR count). The zero-order valence-corrected chi connectivity index (χ0v) is 15.9. The Labute approximate surface area is 160 Å². The van der Waals surface area contributed by atoms with Gasteiger partial charge < -0.3 is 19.7 Å². The maximum Gasteiger partial charge on any atom is 0.231 e. The van der Waals surface area contributed by atoms with E-state index in [0.29, 0.717) is 23.3 Å². The highest BCUT2D eigenvalue weighted by atomic mass is 16.7. The summed E-state index contributed by atoms with van der Waals surface area (Å²) in [4.78, 5) is 27.4. The zero-order valence-electron chi connectivity index (χ0n) is 15.9. The van der Waals surface area contributed by atoms with Gasteiger partial charge in [-0.3, -0.25) is 9.59 Å². The van der Waals surface area contributed by atoms with Gasteiger partial charge in [0.2, 0.25) is 18.6 Å². The van der Waals surface area contributed by atoms with E-state index < -0.39 is 0 Å². The van der Waals surface area contributed by atoms with E-state index in [4.69, 9.17) is 9.47 Å². The molecule has 1 aliphatic carbocycles. The van der Waals surface area contributed by atoms with Crippen LogP contribution >= 0.6 is 0 Å². The molecule has 1 saturated heterocycles. The first kappa shape index (κ1) is 18.1. The number of carbonyl (C=O) groups is 2. The van der Waals surface area contributed by atoms with E-state index in [-0.39, 0.29) is 24.5 Å². The number of anilines is 1. The summed E-state index contributed by atoms with van der Waals surface area (Å²) in [5.41, 5.74) is 0.727. The fraction of sp³-hybridized carbons (Fsp3) is 0.619. The van der Waals surface area contributed by atoms with E-state index in [1.807, 2.05) is 17.0 Å². The van der Waals surface area contributed by atoms with Crippen molar-refractivity contribution >= 4 is 17.5 Å². The maximum absolute atomic E-state index is 12.8. The molecule has 1 N–H and O–H groups in total. The molecule has 2 amide bonds. The van der Waals surface area contributed by atoms with Crippen molar-refractivity contribution in [2.45, 2.75) is 45.4 Å². The second kappa shape index (κ2) is 7.79. The average molecular weight is 372 g/mol. The molecule has 0 bridgehead atoms. The van der Waals surface area contributed by atoms with Crippen molar-refractivity contribution in [1.82, 2.24) is 4.90 Å². The quantitative estimate of drug-likeness (QED) is 0.883. The fourth-order valence-electron chi connectivity index (χ4n) is 4.47. The molecule has 1 atom stereocenters. The van der Waals surface area contributed by atoms with E-state index in [9.17, 15) is 9.59 Å². The summed E-state index contributed by atoms with van der Waals surface area (Å²) in [6.07, 6.45) is 5.50. The molecular formula is C21H28N2O4. The normalized spacial score (nSPS) is 27.3. The summed E-state index contributed by atoms with van der Waals surface area (Å²) in [7, 11) is 0. The van der Waals surface area contributed by atoms with Crippen LogP contribution in [0.4, 0.5) is 5.69 Å². The summed E-state index contributed by atoms with van der Waals surface area (Å²) < 4.78 is 10.7. The lowest BCUT2D eigenvalue weighted by atomic mass is 9.80. The number of hydrogen-bond donors (Lipinski definition) is 1. The first-order chi connectivity index (χ1) is 13.1. The highest BCUT2D eigenvalue weighted by molar-refractivity contribution is 5.93. The number of nitrogens with one attached hydrogen (secondary N) is 1. The molecule has 1 saturated carbocycles. The number of amides is 2. The molecule has 2 fully saturated rings. The van der Waals surface area contributed by atoms with Gasteiger partial charge in [-0.2, -0.15) is 0 Å². The van der Waals surface area contributed by atoms with Gasteiger partial charge in [0.1, 0.15) is 0 Å². The summed E-state index contributed by atoms with van der Waals surface area (Å²) in [5.74, 6) is 2.37. The van der Waals surface area contributed by atoms with Crippen molar-refractivity contribution in [1.29, 1.82) is 0 Å². The molecule has 1 aromatic carbocycles. The Balaban J connectivity index is 1.28. The minimum Gasteiger partial charge on any atom is -0.454 e. The SMILES string of the molecule is CC1CCCN(C(=O)C2CCC(C(=O)Nc3ccc4c(c3)OCO4)CC2)C1. The molecule has 3 aliphatic rings. The van der Waals surface area contributed by atoms with Crippen LogP contribution in [0.25, 0.3) is 0 Å². The van der Waals surface area contributed by atoms with Gasteiger partial charge in [-0.15, -0.1) is 0 Å². The number of nitrogens with zero attached hydrogens (tertiary/aromatic N) is 1. The topological polar surface area (TPSA) is 67.9 Å². The van der Waals surface area contributed by atoms with Crippen molar-refractivity contribution in [3.63, 3.8) is 0 Å². The molecule has 2 aliphatic heterocycles. The van der Waals surface area contributed by atoms with Crippen LogP contribution in [-0.2, 0) is 9.59 Å². The van der Waals surface area contributed by atoms with E-state index in [0.717, 1.165) is 50.9 Å². The molecule has 0 aromatic heterocycles. The number of benzene rings is 1. The van der Waals surface area contributed by atoms with E-state index in [1.54, 1.807) is 6.07 Å². The minimum atomic E-state index is -0.0280. The lowest BCUT2D eigenvalue weighted by Gasteiger charge is -2.35. The molecular weight excluding hydrogens is 344 g/mol. The number of likely N-dealkylation sites (tertiary alicyclic amines) is 1. The van der Waals surface area contributed by atoms with E-state index >= 15 is 0 Å². The Bertz CT molecular complexity index is 712. The molecule has 27 heavy (non-hydrogen) atoms. The molecule has 0 spiro atoms. The zero-order chi connectivity index (χ0) is 18.8. The monoisotopic (exact) mass is 372 g/mol. The van der Waals surface area contributed by atoms with Crippen LogP contribution < -0.4 is 14.8 Å². The van der Waals surface area contributed by atoms with Crippen LogP contribution in [0.2, 0.25) is 0 Å². The first-order valence-corrected chi connectivity index (χ1v) is 10.1. The first-order valence-electron chi connectivity index (χ1n) is 10.1. The van der Waals surface area contributed by atoms with Gasteiger partial charge in [-0.05, 0) is 56.6 Å². The predicted molar refractivity (Wildman–Crippen MR) is 102 cm³/mol. The van der Waals surface area contributed by atoms with Gasteiger partial charge in [0.05, 0.1) is 0 Å². The van der Waals surface area contributed by atoms with E-state index in [1.165, 1.54) is 6.42 Å². The van der Waals surface area contributed by atoms with Gasteiger partial charge in [-0.1, -0.05) is 6.92 Å². The van der Waals surface area contributed by atoms with Crippen molar-refractivity contribution in [2.75, 3.05) is 25.2 Å². The van der Waals surface area contributed by atoms with Crippen LogP contribution in [0.5, 0.6) is 11.5 Å². The van der Waals surface area contributed by atoms with Crippen LogP contribution in [0, 0.1) is 17.8 Å². The van der Waals surface area contributed by atoms with Gasteiger partial charge in [-0.25, -0.2) is 0 Å². The second-order valence-electron chi connectivity index (χ2n) is 8.14. The third-order valence-corrected chi connectivity index (χ3v) is 6.06. The number of carbonyl (C=O) groups excluding carboxylic acids is 2. The number of rotatable bonds is 3. The molecule has 0 radical (unpaired) electrons. The summed E-state index contributed by atoms with van der Waals surface area (Å²) >= 11 is 0. The number of piperidine rings is 1. The minimum absolute atomic E-state index is 0.0280. The van der Waals surface area contributed by atoms with Crippen LogP contribution in [-0.4, -0.2) is 36.6 Å². The van der Waals surface area contributed by atoms with Crippen molar-refractivity contribution in [3.8, 4) is 11.5 Å². The third-order valence-electron chi connectivity index (χ3n) is 6.06. The Morgan fingerprint density at radius 2 is 1.78 bits per heavy atom. The van der Waals surface area contributed by atoms with Crippen LogP contribution in [0.3, 0.4) is 0 Å². The standard InChI is InChI=1S/C21H28N2O4/c1-14-3-2-10-23(12-14)21(25)16-6-4-15(5-7-16)20(24)22-17-8-9-18-19(11-17)27-13-26-18/h8-9,11,14-16H,2-7,10,12-13H2,1H3,(H,22,24). The molecule has 1 aromatic rings. The molecule has 146 valence electrons. The van der Waals surface area contributed by atoms with Gasteiger partial charge in [0.25, 0.3) is 0 Å². The van der Waals surface area contributed by atoms with E-state index in [2.05, 4.69) is 12.2 Å². The fourth-order valence-corrected chi connectivity index (χ4v) is 4.47. The lowest BCUT2D eigenvalue weighted by Crippen LogP contribution is -2.43. The highest BCUT2D eigenvalue weighted by Gasteiger charge is 2.33. The van der Waals surface area contributed by atoms with Crippen LogP contribution in [0.1, 0.15) is 45.4 Å². The molecule has 6 heteroatoms. The molecule has 2 heterocycles.